The fraction of sp³-hybridized carbons (Fsp3) is 0.556. The molecule has 0 aliphatic heterocycles. The van der Waals surface area contributed by atoms with E-state index in [1.165, 1.54) is 0 Å². The Bertz CT molecular complexity index is 428. The lowest BCUT2D eigenvalue weighted by Gasteiger charge is -2.05. The largest absolute Gasteiger partial charge is 0.466 e. The van der Waals surface area contributed by atoms with Gasteiger partial charge in [0.15, 0.2) is 0 Å². The first-order chi connectivity index (χ1) is 10.7. The summed E-state index contributed by atoms with van der Waals surface area (Å²) in [6, 6.07) is 9.92. The van der Waals surface area contributed by atoms with Crippen LogP contribution in [0.3, 0.4) is 0 Å². The highest BCUT2D eigenvalue weighted by Gasteiger charge is 2.06. The molecule has 0 spiro atoms. The van der Waals surface area contributed by atoms with Crippen LogP contribution in [0.15, 0.2) is 30.3 Å². The van der Waals surface area contributed by atoms with Gasteiger partial charge in [0.1, 0.15) is 0 Å². The van der Waals surface area contributed by atoms with E-state index < -0.39 is 0 Å². The number of hydrogen-bond acceptors (Lipinski definition) is 4. The zero-order valence-corrected chi connectivity index (χ0v) is 13.4. The van der Waals surface area contributed by atoms with Crippen molar-refractivity contribution in [1.29, 1.82) is 0 Å². The molecule has 1 aromatic rings. The molecule has 0 unspecified atom stereocenters. The predicted molar refractivity (Wildman–Crippen MR) is 85.4 cm³/mol. The molecule has 1 rings (SSSR count). The van der Waals surface area contributed by atoms with E-state index in [0.29, 0.717) is 38.9 Å². The molecule has 4 heteroatoms. The van der Waals surface area contributed by atoms with Crippen molar-refractivity contribution in [1.82, 2.24) is 0 Å². The molecule has 22 heavy (non-hydrogen) atoms. The SMILES string of the molecule is CCCCOC(=O)CCCCC(=O)OCCc1ccccc1. The molecule has 1 aromatic carbocycles. The van der Waals surface area contributed by atoms with Crippen LogP contribution in [0.1, 0.15) is 51.0 Å². The van der Waals surface area contributed by atoms with Gasteiger partial charge in [0.05, 0.1) is 13.2 Å². The van der Waals surface area contributed by atoms with Crippen molar-refractivity contribution >= 4 is 11.9 Å². The fourth-order valence-corrected chi connectivity index (χ4v) is 1.94. The molecule has 0 N–H and O–H groups in total. The van der Waals surface area contributed by atoms with Crippen molar-refractivity contribution in [2.75, 3.05) is 13.2 Å². The first kappa shape index (κ1) is 18.2. The molecule has 0 aliphatic rings. The van der Waals surface area contributed by atoms with Crippen LogP contribution in [0, 0.1) is 0 Å². The number of unbranched alkanes of at least 4 members (excludes halogenated alkanes) is 2. The molecule has 0 bridgehead atoms. The summed E-state index contributed by atoms with van der Waals surface area (Å²) >= 11 is 0. The highest BCUT2D eigenvalue weighted by Crippen LogP contribution is 2.05. The molecular weight excluding hydrogens is 280 g/mol. The molecule has 0 atom stereocenters. The third kappa shape index (κ3) is 9.16. The summed E-state index contributed by atoms with van der Waals surface area (Å²) in [6.45, 7) is 2.95. The van der Waals surface area contributed by atoms with Crippen molar-refractivity contribution in [2.45, 2.75) is 51.9 Å². The second-order valence-electron chi connectivity index (χ2n) is 5.24. The van der Waals surface area contributed by atoms with Crippen molar-refractivity contribution in [3.63, 3.8) is 0 Å². The highest BCUT2D eigenvalue weighted by atomic mass is 16.5. The van der Waals surface area contributed by atoms with E-state index >= 15 is 0 Å². The van der Waals surface area contributed by atoms with E-state index in [4.69, 9.17) is 9.47 Å². The van der Waals surface area contributed by atoms with Gasteiger partial charge in [-0.25, -0.2) is 0 Å². The quantitative estimate of drug-likeness (QED) is 0.462. The number of esters is 2. The van der Waals surface area contributed by atoms with Gasteiger partial charge in [-0.05, 0) is 24.8 Å². The van der Waals surface area contributed by atoms with Gasteiger partial charge in [-0.1, -0.05) is 43.7 Å². The van der Waals surface area contributed by atoms with Gasteiger partial charge in [-0.3, -0.25) is 9.59 Å². The van der Waals surface area contributed by atoms with Gasteiger partial charge < -0.3 is 9.47 Å². The first-order valence-corrected chi connectivity index (χ1v) is 8.07. The van der Waals surface area contributed by atoms with Crippen LogP contribution >= 0.6 is 0 Å². The van der Waals surface area contributed by atoms with E-state index in [-0.39, 0.29) is 11.9 Å². The smallest absolute Gasteiger partial charge is 0.305 e. The van der Waals surface area contributed by atoms with Crippen LogP contribution in [-0.2, 0) is 25.5 Å². The average Bonchev–Trinajstić information content (AvgIpc) is 2.53. The lowest BCUT2D eigenvalue weighted by atomic mass is 10.2. The minimum absolute atomic E-state index is 0.175. The summed E-state index contributed by atoms with van der Waals surface area (Å²) in [5.74, 6) is -0.374. The van der Waals surface area contributed by atoms with Crippen molar-refractivity contribution < 1.29 is 19.1 Å². The number of carbonyl (C=O) groups excluding carboxylic acids is 2. The minimum atomic E-state index is -0.199. The summed E-state index contributed by atoms with van der Waals surface area (Å²) in [6.07, 6.45) is 4.71. The van der Waals surface area contributed by atoms with Crippen LogP contribution in [-0.4, -0.2) is 25.2 Å². The van der Waals surface area contributed by atoms with Crippen LogP contribution < -0.4 is 0 Å². The Morgan fingerprint density at radius 1 is 0.864 bits per heavy atom. The average molecular weight is 306 g/mol. The minimum Gasteiger partial charge on any atom is -0.466 e. The Morgan fingerprint density at radius 3 is 2.05 bits per heavy atom. The van der Waals surface area contributed by atoms with E-state index in [1.807, 2.05) is 30.3 Å². The van der Waals surface area contributed by atoms with Gasteiger partial charge in [0, 0.05) is 19.3 Å². The molecule has 0 radical (unpaired) electrons. The molecule has 122 valence electrons. The van der Waals surface area contributed by atoms with Gasteiger partial charge in [0.25, 0.3) is 0 Å². The fourth-order valence-electron chi connectivity index (χ4n) is 1.94. The second-order valence-corrected chi connectivity index (χ2v) is 5.24. The van der Waals surface area contributed by atoms with Crippen LogP contribution in [0.5, 0.6) is 0 Å². The van der Waals surface area contributed by atoms with Gasteiger partial charge in [0.2, 0.25) is 0 Å². The Hall–Kier alpha value is -1.84. The van der Waals surface area contributed by atoms with Crippen LogP contribution in [0.4, 0.5) is 0 Å². The van der Waals surface area contributed by atoms with Gasteiger partial charge in [-0.15, -0.1) is 0 Å². The molecule has 0 aromatic heterocycles. The maximum atomic E-state index is 11.6. The summed E-state index contributed by atoms with van der Waals surface area (Å²) in [5, 5.41) is 0. The van der Waals surface area contributed by atoms with Gasteiger partial charge in [-0.2, -0.15) is 0 Å². The zero-order chi connectivity index (χ0) is 16.0. The van der Waals surface area contributed by atoms with Crippen LogP contribution in [0.2, 0.25) is 0 Å². The molecule has 0 fully saturated rings. The second kappa shape index (κ2) is 11.8. The van der Waals surface area contributed by atoms with E-state index in [9.17, 15) is 9.59 Å². The monoisotopic (exact) mass is 306 g/mol. The lowest BCUT2D eigenvalue weighted by molar-refractivity contribution is -0.145. The van der Waals surface area contributed by atoms with Crippen molar-refractivity contribution in [2.24, 2.45) is 0 Å². The van der Waals surface area contributed by atoms with Crippen LogP contribution in [0.25, 0.3) is 0 Å². The maximum absolute atomic E-state index is 11.6. The zero-order valence-electron chi connectivity index (χ0n) is 13.4. The number of rotatable bonds is 11. The summed E-state index contributed by atoms with van der Waals surface area (Å²) in [7, 11) is 0. The summed E-state index contributed by atoms with van der Waals surface area (Å²) in [4.78, 5) is 22.9. The van der Waals surface area contributed by atoms with Gasteiger partial charge >= 0.3 is 11.9 Å². The number of ether oxygens (including phenoxy) is 2. The number of benzene rings is 1. The topological polar surface area (TPSA) is 52.6 Å². The molecule has 0 saturated heterocycles. The molecule has 0 saturated carbocycles. The Labute approximate surface area is 132 Å². The Morgan fingerprint density at radius 2 is 1.45 bits per heavy atom. The maximum Gasteiger partial charge on any atom is 0.305 e. The predicted octanol–water partition coefficient (Wildman–Crippen LogP) is 3.68. The number of carbonyl (C=O) groups is 2. The first-order valence-electron chi connectivity index (χ1n) is 8.07. The molecular formula is C18H26O4. The van der Waals surface area contributed by atoms with E-state index in [0.717, 1.165) is 24.8 Å². The summed E-state index contributed by atoms with van der Waals surface area (Å²) < 4.78 is 10.2. The third-order valence-electron chi connectivity index (χ3n) is 3.27. The Balaban J connectivity index is 1.98. The highest BCUT2D eigenvalue weighted by molar-refractivity contribution is 5.70. The summed E-state index contributed by atoms with van der Waals surface area (Å²) in [5.41, 5.74) is 1.16. The number of hydrogen-bond donors (Lipinski definition) is 0. The molecule has 0 aliphatic carbocycles. The normalized spacial score (nSPS) is 10.2. The molecule has 0 amide bonds. The third-order valence-corrected chi connectivity index (χ3v) is 3.27. The van der Waals surface area contributed by atoms with E-state index in [2.05, 4.69) is 6.92 Å². The Kier molecular flexibility index (Phi) is 9.75. The van der Waals surface area contributed by atoms with Crippen molar-refractivity contribution in [3.8, 4) is 0 Å². The standard InChI is InChI=1S/C18H26O4/c1-2-3-14-21-17(19)11-7-8-12-18(20)22-15-13-16-9-5-4-6-10-16/h4-6,9-10H,2-3,7-8,11-15H2,1H3. The lowest BCUT2D eigenvalue weighted by Crippen LogP contribution is -2.09. The molecule has 4 nitrogen and oxygen atoms in total. The van der Waals surface area contributed by atoms with Crippen molar-refractivity contribution in [3.05, 3.63) is 35.9 Å². The van der Waals surface area contributed by atoms with E-state index in [1.54, 1.807) is 0 Å². The molecule has 0 heterocycles.